The Bertz CT molecular complexity index is 345. The third-order valence-corrected chi connectivity index (χ3v) is 3.52. The van der Waals surface area contributed by atoms with Gasteiger partial charge >= 0.3 is 0 Å². The van der Waals surface area contributed by atoms with Crippen LogP contribution in [0.2, 0.25) is 0 Å². The van der Waals surface area contributed by atoms with E-state index in [9.17, 15) is 0 Å². The first-order chi connectivity index (χ1) is 9.38. The highest BCUT2D eigenvalue weighted by Crippen LogP contribution is 2.21. The van der Waals surface area contributed by atoms with Crippen molar-refractivity contribution in [2.45, 2.75) is 64.5 Å². The molecule has 0 saturated heterocycles. The van der Waals surface area contributed by atoms with E-state index in [-0.39, 0.29) is 0 Å². The highest BCUT2D eigenvalue weighted by molar-refractivity contribution is 5.11. The minimum atomic E-state index is 0.334. The van der Waals surface area contributed by atoms with E-state index in [0.29, 0.717) is 12.0 Å². The van der Waals surface area contributed by atoms with E-state index in [4.69, 9.17) is 4.74 Å². The Morgan fingerprint density at radius 2 is 1.95 bits per heavy atom. The molecule has 0 atom stereocenters. The Balaban J connectivity index is 1.80. The molecule has 1 saturated carbocycles. The molecule has 0 aliphatic heterocycles. The van der Waals surface area contributed by atoms with Gasteiger partial charge in [-0.1, -0.05) is 19.8 Å². The molecule has 1 fully saturated rings. The fourth-order valence-corrected chi connectivity index (χ4v) is 2.43. The molecule has 106 valence electrons. The van der Waals surface area contributed by atoms with E-state index in [0.717, 1.165) is 38.0 Å². The summed E-state index contributed by atoms with van der Waals surface area (Å²) in [4.78, 5) is 0. The largest absolute Gasteiger partial charge is 0.473 e. The minimum Gasteiger partial charge on any atom is -0.473 e. The third kappa shape index (κ3) is 5.15. The van der Waals surface area contributed by atoms with Crippen LogP contribution in [0.4, 0.5) is 0 Å². The van der Waals surface area contributed by atoms with E-state index in [1.807, 2.05) is 12.1 Å². The average molecular weight is 263 g/mol. The first-order valence-corrected chi connectivity index (χ1v) is 7.58. The molecule has 1 aliphatic rings. The quantitative estimate of drug-likeness (QED) is 0.633. The van der Waals surface area contributed by atoms with Crippen molar-refractivity contribution in [2.75, 3.05) is 6.54 Å². The van der Waals surface area contributed by atoms with Crippen molar-refractivity contribution < 1.29 is 4.74 Å². The second-order valence-electron chi connectivity index (χ2n) is 5.27. The molecule has 0 radical (unpaired) electrons. The summed E-state index contributed by atoms with van der Waals surface area (Å²) in [5.41, 5.74) is 0.974. The van der Waals surface area contributed by atoms with Crippen molar-refractivity contribution in [3.8, 4) is 5.88 Å². The maximum atomic E-state index is 5.92. The molecule has 0 spiro atoms. The molecule has 19 heavy (non-hydrogen) atoms. The van der Waals surface area contributed by atoms with Gasteiger partial charge in [0, 0.05) is 12.6 Å². The standard InChI is InChI=1S/C15H25N3O/c1-2-11-16-12-13-9-10-15(18-17-13)19-14-7-5-3-4-6-8-14/h9-10,14,16H,2-8,11-12H2,1H3. The first kappa shape index (κ1) is 14.3. The smallest absolute Gasteiger partial charge is 0.233 e. The highest BCUT2D eigenvalue weighted by Gasteiger charge is 2.14. The van der Waals surface area contributed by atoms with Gasteiger partial charge in [0.2, 0.25) is 5.88 Å². The minimum absolute atomic E-state index is 0.334. The number of hydrogen-bond acceptors (Lipinski definition) is 4. The molecule has 0 bridgehead atoms. The molecular weight excluding hydrogens is 238 g/mol. The van der Waals surface area contributed by atoms with Gasteiger partial charge in [0.25, 0.3) is 0 Å². The normalized spacial score (nSPS) is 17.1. The van der Waals surface area contributed by atoms with Crippen molar-refractivity contribution in [3.05, 3.63) is 17.8 Å². The van der Waals surface area contributed by atoms with E-state index in [1.165, 1.54) is 25.7 Å². The Morgan fingerprint density at radius 1 is 1.16 bits per heavy atom. The fraction of sp³-hybridized carbons (Fsp3) is 0.733. The molecule has 1 N–H and O–H groups in total. The van der Waals surface area contributed by atoms with Crippen molar-refractivity contribution in [1.82, 2.24) is 15.5 Å². The van der Waals surface area contributed by atoms with Crippen LogP contribution in [0.15, 0.2) is 12.1 Å². The summed E-state index contributed by atoms with van der Waals surface area (Å²) in [7, 11) is 0. The lowest BCUT2D eigenvalue weighted by atomic mass is 10.1. The van der Waals surface area contributed by atoms with Gasteiger partial charge in [-0.25, -0.2) is 0 Å². The van der Waals surface area contributed by atoms with Crippen LogP contribution in [-0.4, -0.2) is 22.8 Å². The van der Waals surface area contributed by atoms with Crippen LogP contribution in [0.1, 0.15) is 57.6 Å². The molecule has 0 aromatic carbocycles. The van der Waals surface area contributed by atoms with Gasteiger partial charge in [-0.2, -0.15) is 5.10 Å². The van der Waals surface area contributed by atoms with Gasteiger partial charge in [0.05, 0.1) is 5.69 Å². The summed E-state index contributed by atoms with van der Waals surface area (Å²) in [5.74, 6) is 0.672. The van der Waals surface area contributed by atoms with E-state index in [1.54, 1.807) is 0 Å². The van der Waals surface area contributed by atoms with Gasteiger partial charge < -0.3 is 10.1 Å². The average Bonchev–Trinajstić information content (AvgIpc) is 2.70. The SMILES string of the molecule is CCCNCc1ccc(OC2CCCCCC2)nn1. The second-order valence-corrected chi connectivity index (χ2v) is 5.27. The van der Waals surface area contributed by atoms with Gasteiger partial charge in [-0.15, -0.1) is 5.10 Å². The van der Waals surface area contributed by atoms with E-state index in [2.05, 4.69) is 22.4 Å². The number of nitrogens with zero attached hydrogens (tertiary/aromatic N) is 2. The number of ether oxygens (including phenoxy) is 1. The second kappa shape index (κ2) is 8.10. The number of aromatic nitrogens is 2. The fourth-order valence-electron chi connectivity index (χ4n) is 2.43. The van der Waals surface area contributed by atoms with Gasteiger partial charge in [0.15, 0.2) is 0 Å². The van der Waals surface area contributed by atoms with Crippen LogP contribution >= 0.6 is 0 Å². The Kier molecular flexibility index (Phi) is 6.08. The first-order valence-electron chi connectivity index (χ1n) is 7.58. The Morgan fingerprint density at radius 3 is 2.58 bits per heavy atom. The summed E-state index contributed by atoms with van der Waals surface area (Å²) >= 11 is 0. The van der Waals surface area contributed by atoms with Crippen molar-refractivity contribution in [3.63, 3.8) is 0 Å². The third-order valence-electron chi connectivity index (χ3n) is 3.52. The maximum absolute atomic E-state index is 5.92. The zero-order chi connectivity index (χ0) is 13.3. The summed E-state index contributed by atoms with van der Waals surface area (Å²) in [6.45, 7) is 3.95. The predicted molar refractivity (Wildman–Crippen MR) is 76.1 cm³/mol. The zero-order valence-corrected chi connectivity index (χ0v) is 11.9. The molecule has 1 aromatic heterocycles. The molecular formula is C15H25N3O. The molecule has 0 unspecified atom stereocenters. The summed E-state index contributed by atoms with van der Waals surface area (Å²) in [6, 6.07) is 3.95. The number of rotatable bonds is 6. The summed E-state index contributed by atoms with van der Waals surface area (Å²) in [6.07, 6.45) is 9.01. The topological polar surface area (TPSA) is 47.0 Å². The molecule has 2 rings (SSSR count). The van der Waals surface area contributed by atoms with Crippen LogP contribution in [0.5, 0.6) is 5.88 Å². The summed E-state index contributed by atoms with van der Waals surface area (Å²) < 4.78 is 5.92. The van der Waals surface area contributed by atoms with Crippen LogP contribution in [-0.2, 0) is 6.54 Å². The lowest BCUT2D eigenvalue weighted by Crippen LogP contribution is -2.17. The van der Waals surface area contributed by atoms with Gasteiger partial charge in [-0.05, 0) is 44.7 Å². The molecule has 1 aromatic rings. The lowest BCUT2D eigenvalue weighted by molar-refractivity contribution is 0.174. The van der Waals surface area contributed by atoms with Crippen LogP contribution in [0.3, 0.4) is 0 Å². The summed E-state index contributed by atoms with van der Waals surface area (Å²) in [5, 5.41) is 11.7. The number of nitrogens with one attached hydrogen (secondary N) is 1. The molecule has 0 amide bonds. The molecule has 4 nitrogen and oxygen atoms in total. The van der Waals surface area contributed by atoms with Crippen molar-refractivity contribution >= 4 is 0 Å². The lowest BCUT2D eigenvalue weighted by Gasteiger charge is -2.15. The number of hydrogen-bond donors (Lipinski definition) is 1. The molecule has 1 heterocycles. The highest BCUT2D eigenvalue weighted by atomic mass is 16.5. The molecule has 1 aliphatic carbocycles. The Labute approximate surface area is 116 Å². The maximum Gasteiger partial charge on any atom is 0.233 e. The van der Waals surface area contributed by atoms with E-state index < -0.39 is 0 Å². The van der Waals surface area contributed by atoms with Crippen molar-refractivity contribution in [2.24, 2.45) is 0 Å². The monoisotopic (exact) mass is 263 g/mol. The van der Waals surface area contributed by atoms with Crippen LogP contribution < -0.4 is 10.1 Å². The van der Waals surface area contributed by atoms with Crippen molar-refractivity contribution in [1.29, 1.82) is 0 Å². The van der Waals surface area contributed by atoms with Gasteiger partial charge in [-0.3, -0.25) is 0 Å². The van der Waals surface area contributed by atoms with Crippen LogP contribution in [0, 0.1) is 0 Å². The zero-order valence-electron chi connectivity index (χ0n) is 11.9. The van der Waals surface area contributed by atoms with Gasteiger partial charge in [0.1, 0.15) is 6.10 Å². The Hall–Kier alpha value is -1.16. The van der Waals surface area contributed by atoms with E-state index >= 15 is 0 Å². The predicted octanol–water partition coefficient (Wildman–Crippen LogP) is 3.08. The van der Waals surface area contributed by atoms with Crippen LogP contribution in [0.25, 0.3) is 0 Å². The molecule has 4 heteroatoms.